The summed E-state index contributed by atoms with van der Waals surface area (Å²) in [6, 6.07) is 8.05. The number of carbonyl (C=O) groups is 1. The van der Waals surface area contributed by atoms with Crippen molar-refractivity contribution in [3.63, 3.8) is 0 Å². The Labute approximate surface area is 118 Å². The molecule has 0 aliphatic carbocycles. The minimum absolute atomic E-state index is 0.0445. The molecule has 1 aromatic heterocycles. The second-order valence-electron chi connectivity index (χ2n) is 3.28. The molecule has 1 N–H and O–H groups in total. The van der Waals surface area contributed by atoms with Crippen LogP contribution in [0.25, 0.3) is 0 Å². The molecule has 0 aliphatic heterocycles. The number of amides is 1. The van der Waals surface area contributed by atoms with E-state index < -0.39 is 5.91 Å². The summed E-state index contributed by atoms with van der Waals surface area (Å²) in [5.74, 6) is -0.184. The summed E-state index contributed by atoms with van der Waals surface area (Å²) in [5.41, 5.74) is 0.338. The third kappa shape index (κ3) is 3.10. The Morgan fingerprint density at radius 2 is 1.83 bits per heavy atom. The van der Waals surface area contributed by atoms with Crippen LogP contribution in [-0.4, -0.2) is 15.9 Å². The first-order valence-electron chi connectivity index (χ1n) is 4.82. The van der Waals surface area contributed by atoms with Crippen LogP contribution in [0.2, 0.25) is 15.5 Å². The van der Waals surface area contributed by atoms with Crippen molar-refractivity contribution in [1.29, 1.82) is 0 Å². The number of aromatic nitrogens is 2. The molecule has 18 heavy (non-hydrogen) atoms. The first kappa shape index (κ1) is 13.1. The van der Waals surface area contributed by atoms with Crippen LogP contribution in [0.3, 0.4) is 0 Å². The molecule has 0 radical (unpaired) electrons. The van der Waals surface area contributed by atoms with Crippen molar-refractivity contribution >= 4 is 46.5 Å². The van der Waals surface area contributed by atoms with Crippen LogP contribution in [0, 0.1) is 0 Å². The highest BCUT2D eigenvalue weighted by Gasteiger charge is 2.11. The molecule has 0 atom stereocenters. The zero-order chi connectivity index (χ0) is 13.1. The number of rotatable bonds is 2. The number of benzene rings is 1. The summed E-state index contributed by atoms with van der Waals surface area (Å²) < 4.78 is 0. The molecule has 0 spiro atoms. The molecule has 0 unspecified atom stereocenters. The van der Waals surface area contributed by atoms with Crippen LogP contribution >= 0.6 is 34.8 Å². The van der Waals surface area contributed by atoms with Gasteiger partial charge in [0.15, 0.2) is 0 Å². The van der Waals surface area contributed by atoms with Crippen molar-refractivity contribution in [3.8, 4) is 0 Å². The molecule has 1 amide bonds. The average molecular weight is 303 g/mol. The number of anilines is 1. The maximum absolute atomic E-state index is 11.9. The normalized spacial score (nSPS) is 10.2. The number of hydrogen-bond acceptors (Lipinski definition) is 3. The van der Waals surface area contributed by atoms with E-state index in [1.807, 2.05) is 0 Å². The Morgan fingerprint density at radius 3 is 2.50 bits per heavy atom. The molecule has 1 aromatic carbocycles. The van der Waals surface area contributed by atoms with Crippen molar-refractivity contribution in [2.45, 2.75) is 0 Å². The number of nitrogens with zero attached hydrogens (tertiary/aromatic N) is 2. The molecule has 0 bridgehead atoms. The van der Waals surface area contributed by atoms with E-state index in [0.29, 0.717) is 10.6 Å². The van der Waals surface area contributed by atoms with Gasteiger partial charge in [-0.2, -0.15) is 0 Å². The standard InChI is InChI=1S/C11H6Cl3N3O/c12-7-4-2-1-3-6(7)10(18)16-9-5-8(13)15-11(14)17-9/h1-5H,(H,15,16,17,18). The van der Waals surface area contributed by atoms with Gasteiger partial charge in [0, 0.05) is 6.07 Å². The monoisotopic (exact) mass is 301 g/mol. The SMILES string of the molecule is O=C(Nc1cc(Cl)nc(Cl)n1)c1ccccc1Cl. The topological polar surface area (TPSA) is 54.9 Å². The lowest BCUT2D eigenvalue weighted by Crippen LogP contribution is -2.13. The van der Waals surface area contributed by atoms with E-state index in [1.54, 1.807) is 24.3 Å². The second kappa shape index (κ2) is 5.52. The summed E-state index contributed by atoms with van der Waals surface area (Å²) in [5, 5.41) is 2.98. The lowest BCUT2D eigenvalue weighted by atomic mass is 10.2. The minimum Gasteiger partial charge on any atom is -0.306 e. The number of hydrogen-bond donors (Lipinski definition) is 1. The quantitative estimate of drug-likeness (QED) is 0.680. The van der Waals surface area contributed by atoms with E-state index in [1.165, 1.54) is 6.07 Å². The van der Waals surface area contributed by atoms with Gasteiger partial charge in [0.1, 0.15) is 11.0 Å². The molecule has 2 rings (SSSR count). The summed E-state index contributed by atoms with van der Waals surface area (Å²) in [4.78, 5) is 19.4. The third-order valence-electron chi connectivity index (χ3n) is 2.03. The molecule has 2 aromatic rings. The van der Waals surface area contributed by atoms with Gasteiger partial charge in [-0.15, -0.1) is 0 Å². The molecular formula is C11H6Cl3N3O. The average Bonchev–Trinajstić information content (AvgIpc) is 2.27. The predicted molar refractivity (Wildman–Crippen MR) is 71.5 cm³/mol. The zero-order valence-corrected chi connectivity index (χ0v) is 11.1. The zero-order valence-electron chi connectivity index (χ0n) is 8.82. The largest absolute Gasteiger partial charge is 0.306 e. The van der Waals surface area contributed by atoms with Crippen LogP contribution in [0.1, 0.15) is 10.4 Å². The highest BCUT2D eigenvalue weighted by molar-refractivity contribution is 6.34. The van der Waals surface area contributed by atoms with Crippen molar-refractivity contribution < 1.29 is 4.79 Å². The van der Waals surface area contributed by atoms with Crippen molar-refractivity contribution in [1.82, 2.24) is 9.97 Å². The maximum atomic E-state index is 11.9. The molecule has 0 fully saturated rings. The molecule has 4 nitrogen and oxygen atoms in total. The van der Waals surface area contributed by atoms with Gasteiger partial charge in [-0.3, -0.25) is 4.79 Å². The molecule has 0 saturated heterocycles. The van der Waals surface area contributed by atoms with Crippen molar-refractivity contribution in [2.75, 3.05) is 5.32 Å². The minimum atomic E-state index is -0.397. The molecule has 92 valence electrons. The lowest BCUT2D eigenvalue weighted by Gasteiger charge is -2.06. The van der Waals surface area contributed by atoms with Crippen molar-refractivity contribution in [2.24, 2.45) is 0 Å². The Bertz CT molecular complexity index is 584. The van der Waals surface area contributed by atoms with Gasteiger partial charge in [-0.1, -0.05) is 35.3 Å². The second-order valence-corrected chi connectivity index (χ2v) is 4.41. The molecule has 0 aliphatic rings. The highest BCUT2D eigenvalue weighted by Crippen LogP contribution is 2.18. The van der Waals surface area contributed by atoms with Gasteiger partial charge >= 0.3 is 0 Å². The van der Waals surface area contributed by atoms with Crippen LogP contribution in [0.15, 0.2) is 30.3 Å². The Balaban J connectivity index is 2.24. The summed E-state index contributed by atoms with van der Waals surface area (Å²) >= 11 is 17.2. The molecular weight excluding hydrogens is 296 g/mol. The van der Waals surface area contributed by atoms with E-state index in [4.69, 9.17) is 34.8 Å². The van der Waals surface area contributed by atoms with Crippen LogP contribution < -0.4 is 5.32 Å². The predicted octanol–water partition coefficient (Wildman–Crippen LogP) is 3.69. The van der Waals surface area contributed by atoms with E-state index in [9.17, 15) is 4.79 Å². The fourth-order valence-electron chi connectivity index (χ4n) is 1.28. The summed E-state index contributed by atoms with van der Waals surface area (Å²) in [6.45, 7) is 0. The number of carbonyl (C=O) groups excluding carboxylic acids is 1. The Kier molecular flexibility index (Phi) is 4.01. The van der Waals surface area contributed by atoms with Gasteiger partial charge in [-0.25, -0.2) is 9.97 Å². The van der Waals surface area contributed by atoms with E-state index in [2.05, 4.69) is 15.3 Å². The first-order valence-corrected chi connectivity index (χ1v) is 5.95. The summed E-state index contributed by atoms with van der Waals surface area (Å²) in [7, 11) is 0. The van der Waals surface area contributed by atoms with Gasteiger partial charge in [0.2, 0.25) is 5.28 Å². The van der Waals surface area contributed by atoms with E-state index in [-0.39, 0.29) is 16.3 Å². The van der Waals surface area contributed by atoms with Gasteiger partial charge in [-0.05, 0) is 23.7 Å². The molecule has 0 saturated carbocycles. The smallest absolute Gasteiger partial charge is 0.258 e. The van der Waals surface area contributed by atoms with Crippen molar-refractivity contribution in [3.05, 3.63) is 51.4 Å². The summed E-state index contributed by atoms with van der Waals surface area (Å²) in [6.07, 6.45) is 0. The van der Waals surface area contributed by atoms with Gasteiger partial charge < -0.3 is 5.32 Å². The maximum Gasteiger partial charge on any atom is 0.258 e. The third-order valence-corrected chi connectivity index (χ3v) is 2.72. The van der Waals surface area contributed by atoms with E-state index in [0.717, 1.165) is 0 Å². The fourth-order valence-corrected chi connectivity index (χ4v) is 1.91. The number of halogens is 3. The van der Waals surface area contributed by atoms with E-state index >= 15 is 0 Å². The van der Waals surface area contributed by atoms with Crippen LogP contribution in [0.4, 0.5) is 5.82 Å². The van der Waals surface area contributed by atoms with Gasteiger partial charge in [0.25, 0.3) is 5.91 Å². The highest BCUT2D eigenvalue weighted by atomic mass is 35.5. The Morgan fingerprint density at radius 1 is 1.11 bits per heavy atom. The van der Waals surface area contributed by atoms with Gasteiger partial charge in [0.05, 0.1) is 10.6 Å². The van der Waals surface area contributed by atoms with Crippen LogP contribution in [-0.2, 0) is 0 Å². The number of nitrogens with one attached hydrogen (secondary N) is 1. The Hall–Kier alpha value is -1.36. The molecule has 1 heterocycles. The first-order chi connectivity index (χ1) is 8.56. The fraction of sp³-hybridized carbons (Fsp3) is 0. The lowest BCUT2D eigenvalue weighted by molar-refractivity contribution is 0.102. The molecule has 7 heteroatoms. The van der Waals surface area contributed by atoms with Crippen LogP contribution in [0.5, 0.6) is 0 Å².